The van der Waals surface area contributed by atoms with E-state index in [9.17, 15) is 5.11 Å². The van der Waals surface area contributed by atoms with Crippen LogP contribution in [0, 0.1) is 0 Å². The summed E-state index contributed by atoms with van der Waals surface area (Å²) in [5, 5.41) is 12.8. The molecule has 3 atom stereocenters. The van der Waals surface area contributed by atoms with Gasteiger partial charge in [0.2, 0.25) is 0 Å². The zero-order chi connectivity index (χ0) is 13.0. The first-order chi connectivity index (χ1) is 8.69. The zero-order valence-corrected chi connectivity index (χ0v) is 11.8. The van der Waals surface area contributed by atoms with Crippen LogP contribution in [0.25, 0.3) is 0 Å². The molecule has 2 heterocycles. The molecule has 0 amide bonds. The summed E-state index contributed by atoms with van der Waals surface area (Å²) in [6.07, 6.45) is 5.44. The van der Waals surface area contributed by atoms with Crippen LogP contribution in [0.15, 0.2) is 0 Å². The maximum Gasteiger partial charge on any atom is 0.0565 e. The van der Waals surface area contributed by atoms with Crippen molar-refractivity contribution in [2.45, 2.75) is 63.8 Å². The molecule has 2 aliphatic heterocycles. The molecule has 2 rings (SSSR count). The molecule has 0 aromatic rings. The monoisotopic (exact) mass is 256 g/mol. The molecule has 4 nitrogen and oxygen atoms in total. The third kappa shape index (κ3) is 3.92. The van der Waals surface area contributed by atoms with Crippen LogP contribution in [0.2, 0.25) is 0 Å². The van der Waals surface area contributed by atoms with E-state index < -0.39 is 0 Å². The second kappa shape index (κ2) is 6.85. The Hall–Kier alpha value is -0.160. The van der Waals surface area contributed by atoms with Gasteiger partial charge < -0.3 is 15.2 Å². The van der Waals surface area contributed by atoms with Gasteiger partial charge >= 0.3 is 0 Å². The van der Waals surface area contributed by atoms with E-state index in [-0.39, 0.29) is 6.61 Å². The fourth-order valence-corrected chi connectivity index (χ4v) is 3.42. The van der Waals surface area contributed by atoms with Gasteiger partial charge in [-0.15, -0.1) is 0 Å². The van der Waals surface area contributed by atoms with Gasteiger partial charge in [-0.2, -0.15) is 0 Å². The van der Waals surface area contributed by atoms with Crippen molar-refractivity contribution >= 4 is 0 Å². The predicted octanol–water partition coefficient (Wildman–Crippen LogP) is 0.989. The minimum absolute atomic E-state index is 0.257. The van der Waals surface area contributed by atoms with Crippen molar-refractivity contribution in [2.24, 2.45) is 0 Å². The fourth-order valence-electron chi connectivity index (χ4n) is 3.42. The second-order valence-corrected chi connectivity index (χ2v) is 5.89. The minimum atomic E-state index is 0.257. The summed E-state index contributed by atoms with van der Waals surface area (Å²) >= 11 is 0. The van der Waals surface area contributed by atoms with Gasteiger partial charge in [0.05, 0.1) is 18.8 Å². The molecule has 0 spiro atoms. The van der Waals surface area contributed by atoms with Gasteiger partial charge in [0.25, 0.3) is 0 Å². The molecular weight excluding hydrogens is 228 g/mol. The van der Waals surface area contributed by atoms with Crippen molar-refractivity contribution < 1.29 is 9.84 Å². The molecule has 0 radical (unpaired) electrons. The number of rotatable bonds is 5. The molecule has 0 saturated carbocycles. The van der Waals surface area contributed by atoms with Crippen molar-refractivity contribution in [3.63, 3.8) is 0 Å². The Balaban J connectivity index is 1.90. The van der Waals surface area contributed by atoms with E-state index in [1.54, 1.807) is 0 Å². The first kappa shape index (κ1) is 14.3. The Morgan fingerprint density at radius 1 is 1.28 bits per heavy atom. The number of aliphatic hydroxyl groups is 1. The molecule has 18 heavy (non-hydrogen) atoms. The number of aliphatic hydroxyl groups excluding tert-OH is 1. The van der Waals surface area contributed by atoms with Crippen molar-refractivity contribution in [1.82, 2.24) is 10.2 Å². The highest BCUT2D eigenvalue weighted by molar-refractivity contribution is 4.85. The molecule has 2 N–H and O–H groups in total. The van der Waals surface area contributed by atoms with Gasteiger partial charge in [-0.05, 0) is 46.1 Å². The van der Waals surface area contributed by atoms with E-state index in [0.29, 0.717) is 24.3 Å². The molecule has 0 aromatic carbocycles. The standard InChI is InChI=1S/C14H28N2O2/c1-11-8-14(9-12(2)18-11)16(6-7-17)10-13-4-3-5-15-13/h11-15,17H,3-10H2,1-2H3. The molecule has 2 fully saturated rings. The number of ether oxygens (including phenoxy) is 1. The number of hydrogen-bond donors (Lipinski definition) is 2. The average molecular weight is 256 g/mol. The topological polar surface area (TPSA) is 44.7 Å². The molecule has 106 valence electrons. The normalized spacial score (nSPS) is 37.3. The Kier molecular flexibility index (Phi) is 5.42. The quantitative estimate of drug-likeness (QED) is 0.770. The van der Waals surface area contributed by atoms with Crippen LogP contribution >= 0.6 is 0 Å². The lowest BCUT2D eigenvalue weighted by atomic mass is 9.97. The van der Waals surface area contributed by atoms with Gasteiger partial charge in [0.1, 0.15) is 0 Å². The molecule has 4 heteroatoms. The van der Waals surface area contributed by atoms with E-state index in [2.05, 4.69) is 24.1 Å². The van der Waals surface area contributed by atoms with E-state index >= 15 is 0 Å². The molecular formula is C14H28N2O2. The summed E-state index contributed by atoms with van der Waals surface area (Å²) in [7, 11) is 0. The van der Waals surface area contributed by atoms with Crippen LogP contribution < -0.4 is 5.32 Å². The van der Waals surface area contributed by atoms with Crippen LogP contribution in [0.5, 0.6) is 0 Å². The largest absolute Gasteiger partial charge is 0.395 e. The summed E-state index contributed by atoms with van der Waals surface area (Å²) in [6, 6.07) is 1.18. The summed E-state index contributed by atoms with van der Waals surface area (Å²) < 4.78 is 5.81. The smallest absolute Gasteiger partial charge is 0.0565 e. The van der Waals surface area contributed by atoms with Crippen molar-refractivity contribution in [3.8, 4) is 0 Å². The Morgan fingerprint density at radius 3 is 2.56 bits per heavy atom. The lowest BCUT2D eigenvalue weighted by molar-refractivity contribution is -0.0678. The van der Waals surface area contributed by atoms with Gasteiger partial charge in [-0.3, -0.25) is 4.90 Å². The third-order valence-electron chi connectivity index (χ3n) is 4.19. The highest BCUT2D eigenvalue weighted by Gasteiger charge is 2.30. The first-order valence-corrected chi connectivity index (χ1v) is 7.42. The van der Waals surface area contributed by atoms with Crippen molar-refractivity contribution in [1.29, 1.82) is 0 Å². The van der Waals surface area contributed by atoms with Crippen LogP contribution in [-0.4, -0.2) is 60.5 Å². The van der Waals surface area contributed by atoms with Gasteiger partial charge in [-0.1, -0.05) is 0 Å². The molecule has 0 bridgehead atoms. The summed E-state index contributed by atoms with van der Waals surface area (Å²) in [6.45, 7) is 7.60. The van der Waals surface area contributed by atoms with E-state index in [4.69, 9.17) is 4.74 Å². The summed E-state index contributed by atoms with van der Waals surface area (Å²) in [4.78, 5) is 2.47. The van der Waals surface area contributed by atoms with Crippen LogP contribution in [0.1, 0.15) is 39.5 Å². The third-order valence-corrected chi connectivity index (χ3v) is 4.19. The Morgan fingerprint density at radius 2 is 2.00 bits per heavy atom. The van der Waals surface area contributed by atoms with E-state index in [1.165, 1.54) is 12.8 Å². The summed E-state index contributed by atoms with van der Waals surface area (Å²) in [5.41, 5.74) is 0. The predicted molar refractivity (Wildman–Crippen MR) is 72.7 cm³/mol. The lowest BCUT2D eigenvalue weighted by Crippen LogP contribution is -2.49. The van der Waals surface area contributed by atoms with Gasteiger partial charge in [-0.25, -0.2) is 0 Å². The molecule has 0 aliphatic carbocycles. The highest BCUT2D eigenvalue weighted by Crippen LogP contribution is 2.24. The van der Waals surface area contributed by atoms with Gasteiger partial charge in [0.15, 0.2) is 0 Å². The summed E-state index contributed by atoms with van der Waals surface area (Å²) in [5.74, 6) is 0. The van der Waals surface area contributed by atoms with Crippen LogP contribution in [0.3, 0.4) is 0 Å². The minimum Gasteiger partial charge on any atom is -0.395 e. The highest BCUT2D eigenvalue weighted by atomic mass is 16.5. The molecule has 2 aliphatic rings. The molecule has 0 aromatic heterocycles. The number of nitrogens with one attached hydrogen (secondary N) is 1. The average Bonchev–Trinajstić information content (AvgIpc) is 2.80. The van der Waals surface area contributed by atoms with Crippen molar-refractivity contribution in [3.05, 3.63) is 0 Å². The van der Waals surface area contributed by atoms with Gasteiger partial charge in [0, 0.05) is 25.2 Å². The Labute approximate surface area is 111 Å². The lowest BCUT2D eigenvalue weighted by Gasteiger charge is -2.40. The van der Waals surface area contributed by atoms with Crippen LogP contribution in [-0.2, 0) is 4.74 Å². The Bertz CT molecular complexity index is 234. The molecule has 3 unspecified atom stereocenters. The molecule has 2 saturated heterocycles. The van der Waals surface area contributed by atoms with E-state index in [0.717, 1.165) is 32.5 Å². The zero-order valence-electron chi connectivity index (χ0n) is 11.8. The second-order valence-electron chi connectivity index (χ2n) is 5.89. The first-order valence-electron chi connectivity index (χ1n) is 7.42. The number of hydrogen-bond acceptors (Lipinski definition) is 4. The number of nitrogens with zero attached hydrogens (tertiary/aromatic N) is 1. The van der Waals surface area contributed by atoms with Crippen LogP contribution in [0.4, 0.5) is 0 Å². The maximum atomic E-state index is 9.28. The SMILES string of the molecule is CC1CC(N(CCO)CC2CCCN2)CC(C)O1. The fraction of sp³-hybridized carbons (Fsp3) is 1.00. The maximum absolute atomic E-state index is 9.28. The van der Waals surface area contributed by atoms with E-state index in [1.807, 2.05) is 0 Å². The van der Waals surface area contributed by atoms with Crippen molar-refractivity contribution in [2.75, 3.05) is 26.2 Å².